The average molecular weight is 364 g/mol. The summed E-state index contributed by atoms with van der Waals surface area (Å²) in [5.74, 6) is 0. The summed E-state index contributed by atoms with van der Waals surface area (Å²) in [5.41, 5.74) is 9.57. The van der Waals surface area contributed by atoms with Crippen molar-refractivity contribution >= 4 is 27.4 Å². The molecule has 0 aliphatic heterocycles. The molecule has 1 nitrogen and oxygen atoms in total. The third-order valence-corrected chi connectivity index (χ3v) is 5.35. The standard InChI is InChI=1S/C27H25N/c1-5-6-7-9-18(2)23-16-21(13-12-19(23)3)22-14-15-25-24(17-22)27-20(4)10-8-11-26(27)28-25/h5-17,28H,2H2,1,3-4H3/b6-5-,9-7-. The number of hydrogen-bond acceptors (Lipinski definition) is 0. The van der Waals surface area contributed by atoms with E-state index in [0.717, 1.165) is 5.57 Å². The Balaban J connectivity index is 1.83. The highest BCUT2D eigenvalue weighted by molar-refractivity contribution is 6.10. The fourth-order valence-corrected chi connectivity index (χ4v) is 3.83. The van der Waals surface area contributed by atoms with Crippen molar-refractivity contribution in [1.82, 2.24) is 4.98 Å². The van der Waals surface area contributed by atoms with E-state index in [9.17, 15) is 0 Å². The molecule has 1 heteroatoms. The molecule has 1 aromatic heterocycles. The quantitative estimate of drug-likeness (QED) is 0.357. The highest BCUT2D eigenvalue weighted by Gasteiger charge is 2.09. The molecule has 0 amide bonds. The fraction of sp³-hybridized carbons (Fsp3) is 0.111. The zero-order valence-corrected chi connectivity index (χ0v) is 16.7. The maximum absolute atomic E-state index is 4.26. The lowest BCUT2D eigenvalue weighted by Crippen LogP contribution is -1.88. The molecule has 0 atom stereocenters. The Morgan fingerprint density at radius 3 is 2.46 bits per heavy atom. The van der Waals surface area contributed by atoms with E-state index in [1.165, 1.54) is 49.6 Å². The van der Waals surface area contributed by atoms with Crippen LogP contribution in [-0.4, -0.2) is 4.98 Å². The zero-order valence-electron chi connectivity index (χ0n) is 16.7. The molecule has 0 saturated heterocycles. The van der Waals surface area contributed by atoms with Crippen LogP contribution in [0.2, 0.25) is 0 Å². The zero-order chi connectivity index (χ0) is 19.7. The molecule has 0 aliphatic carbocycles. The van der Waals surface area contributed by atoms with Crippen LogP contribution in [0, 0.1) is 13.8 Å². The van der Waals surface area contributed by atoms with Gasteiger partial charge in [-0.2, -0.15) is 0 Å². The number of aromatic amines is 1. The van der Waals surface area contributed by atoms with Crippen LogP contribution in [0.5, 0.6) is 0 Å². The van der Waals surface area contributed by atoms with Crippen molar-refractivity contribution in [2.45, 2.75) is 20.8 Å². The maximum atomic E-state index is 4.26. The summed E-state index contributed by atoms with van der Waals surface area (Å²) in [6.45, 7) is 10.6. The van der Waals surface area contributed by atoms with Crippen LogP contribution >= 0.6 is 0 Å². The van der Waals surface area contributed by atoms with E-state index in [1.54, 1.807) is 0 Å². The predicted molar refractivity (Wildman–Crippen MR) is 124 cm³/mol. The first kappa shape index (κ1) is 18.1. The monoisotopic (exact) mass is 363 g/mol. The van der Waals surface area contributed by atoms with Crippen LogP contribution in [0.15, 0.2) is 85.5 Å². The summed E-state index contributed by atoms with van der Waals surface area (Å²) < 4.78 is 0. The molecule has 1 heterocycles. The second-order valence-electron chi connectivity index (χ2n) is 7.32. The Morgan fingerprint density at radius 2 is 1.64 bits per heavy atom. The highest BCUT2D eigenvalue weighted by atomic mass is 14.7. The Hall–Kier alpha value is -3.32. The Bertz CT molecular complexity index is 1250. The van der Waals surface area contributed by atoms with E-state index >= 15 is 0 Å². The molecule has 0 bridgehead atoms. The van der Waals surface area contributed by atoms with E-state index in [4.69, 9.17) is 0 Å². The van der Waals surface area contributed by atoms with Crippen molar-refractivity contribution in [3.8, 4) is 11.1 Å². The molecule has 4 aromatic rings. The number of H-pyrrole nitrogens is 1. The smallest absolute Gasteiger partial charge is 0.0467 e. The molecule has 138 valence electrons. The first-order valence-corrected chi connectivity index (χ1v) is 9.69. The molecule has 1 N–H and O–H groups in total. The highest BCUT2D eigenvalue weighted by Crippen LogP contribution is 2.33. The molecule has 0 saturated carbocycles. The molecule has 0 unspecified atom stereocenters. The third-order valence-electron chi connectivity index (χ3n) is 5.35. The van der Waals surface area contributed by atoms with E-state index < -0.39 is 0 Å². The first-order chi connectivity index (χ1) is 13.6. The number of allylic oxidation sites excluding steroid dienone is 5. The number of benzene rings is 3. The van der Waals surface area contributed by atoms with Crippen LogP contribution in [0.1, 0.15) is 23.6 Å². The molecular formula is C27H25N. The van der Waals surface area contributed by atoms with Gasteiger partial charge in [0.2, 0.25) is 0 Å². The summed E-state index contributed by atoms with van der Waals surface area (Å²) in [6.07, 6.45) is 8.15. The van der Waals surface area contributed by atoms with Crippen LogP contribution in [0.4, 0.5) is 0 Å². The van der Waals surface area contributed by atoms with Crippen molar-refractivity contribution in [3.63, 3.8) is 0 Å². The normalized spacial score (nSPS) is 12.0. The number of nitrogens with one attached hydrogen (secondary N) is 1. The number of aryl methyl sites for hydroxylation is 2. The third kappa shape index (κ3) is 3.20. The lowest BCUT2D eigenvalue weighted by molar-refractivity contribution is 1.43. The molecule has 3 aromatic carbocycles. The molecule has 0 radical (unpaired) electrons. The fourth-order valence-electron chi connectivity index (χ4n) is 3.83. The molecule has 0 fully saturated rings. The lowest BCUT2D eigenvalue weighted by atomic mass is 9.94. The number of hydrogen-bond donors (Lipinski definition) is 1. The summed E-state index contributed by atoms with van der Waals surface area (Å²) >= 11 is 0. The van der Waals surface area contributed by atoms with Crippen LogP contribution in [0.25, 0.3) is 38.5 Å². The summed E-state index contributed by atoms with van der Waals surface area (Å²) in [6, 6.07) is 19.7. The molecule has 4 rings (SSSR count). The van der Waals surface area contributed by atoms with Gasteiger partial charge in [0.1, 0.15) is 0 Å². The maximum Gasteiger partial charge on any atom is 0.0467 e. The molecule has 0 spiro atoms. The number of aromatic nitrogens is 1. The SMILES string of the molecule is C=C(/C=C\C=C/C)c1cc(-c2ccc3[nH]c4cccc(C)c4c3c2)ccc1C. The van der Waals surface area contributed by atoms with Crippen LogP contribution in [-0.2, 0) is 0 Å². The second-order valence-corrected chi connectivity index (χ2v) is 7.32. The van der Waals surface area contributed by atoms with E-state index in [2.05, 4.69) is 86.1 Å². The van der Waals surface area contributed by atoms with Gasteiger partial charge in [0.05, 0.1) is 0 Å². The Morgan fingerprint density at radius 1 is 0.857 bits per heavy atom. The molecule has 28 heavy (non-hydrogen) atoms. The summed E-state index contributed by atoms with van der Waals surface area (Å²) in [4.78, 5) is 3.54. The van der Waals surface area contributed by atoms with Crippen LogP contribution in [0.3, 0.4) is 0 Å². The number of rotatable bonds is 4. The van der Waals surface area contributed by atoms with Gasteiger partial charge in [0.15, 0.2) is 0 Å². The van der Waals surface area contributed by atoms with Crippen molar-refractivity contribution in [3.05, 3.63) is 102 Å². The molecule has 0 aliphatic rings. The van der Waals surface area contributed by atoms with Gasteiger partial charge in [-0.05, 0) is 78.4 Å². The van der Waals surface area contributed by atoms with Gasteiger partial charge in [0.25, 0.3) is 0 Å². The van der Waals surface area contributed by atoms with E-state index in [-0.39, 0.29) is 0 Å². The Kier molecular flexibility index (Phi) is 4.75. The average Bonchev–Trinajstić information content (AvgIpc) is 3.07. The lowest BCUT2D eigenvalue weighted by Gasteiger charge is -2.10. The largest absolute Gasteiger partial charge is 0.355 e. The second kappa shape index (κ2) is 7.36. The molecular weight excluding hydrogens is 338 g/mol. The van der Waals surface area contributed by atoms with Crippen molar-refractivity contribution in [2.75, 3.05) is 0 Å². The number of fused-ring (bicyclic) bond motifs is 3. The van der Waals surface area contributed by atoms with Gasteiger partial charge in [-0.1, -0.05) is 61.2 Å². The van der Waals surface area contributed by atoms with Crippen molar-refractivity contribution in [2.24, 2.45) is 0 Å². The van der Waals surface area contributed by atoms with Crippen LogP contribution < -0.4 is 0 Å². The van der Waals surface area contributed by atoms with Gasteiger partial charge >= 0.3 is 0 Å². The van der Waals surface area contributed by atoms with Gasteiger partial charge in [-0.15, -0.1) is 0 Å². The summed E-state index contributed by atoms with van der Waals surface area (Å²) in [7, 11) is 0. The minimum absolute atomic E-state index is 1.03. The minimum Gasteiger partial charge on any atom is -0.355 e. The van der Waals surface area contributed by atoms with Crippen molar-refractivity contribution in [1.29, 1.82) is 0 Å². The Labute approximate surface area is 166 Å². The van der Waals surface area contributed by atoms with Gasteiger partial charge < -0.3 is 4.98 Å². The predicted octanol–water partition coefficient (Wildman–Crippen LogP) is 7.75. The van der Waals surface area contributed by atoms with Gasteiger partial charge in [0, 0.05) is 21.8 Å². The topological polar surface area (TPSA) is 15.8 Å². The van der Waals surface area contributed by atoms with Gasteiger partial charge in [-0.25, -0.2) is 0 Å². The first-order valence-electron chi connectivity index (χ1n) is 9.69. The van der Waals surface area contributed by atoms with E-state index in [0.29, 0.717) is 0 Å². The van der Waals surface area contributed by atoms with E-state index in [1.807, 2.05) is 25.2 Å². The minimum atomic E-state index is 1.03. The van der Waals surface area contributed by atoms with Crippen molar-refractivity contribution < 1.29 is 0 Å². The summed E-state index contributed by atoms with van der Waals surface area (Å²) in [5, 5.41) is 2.59. The van der Waals surface area contributed by atoms with Gasteiger partial charge in [-0.3, -0.25) is 0 Å².